The number of benzene rings is 1. The number of hydrogen-bond donors (Lipinski definition) is 2. The van der Waals surface area contributed by atoms with E-state index in [4.69, 9.17) is 0 Å². The zero-order chi connectivity index (χ0) is 17.6. The van der Waals surface area contributed by atoms with Crippen LogP contribution in [0.5, 0.6) is 0 Å². The largest absolute Gasteiger partial charge is 0.374 e. The van der Waals surface area contributed by atoms with E-state index in [9.17, 15) is 14.4 Å². The lowest BCUT2D eigenvalue weighted by Crippen LogP contribution is -2.48. The first-order chi connectivity index (χ1) is 12.0. The van der Waals surface area contributed by atoms with Crippen LogP contribution < -0.4 is 10.6 Å². The minimum atomic E-state index is -0.410. The number of carbonyl (C=O) groups excluding carboxylic acids is 3. The molecule has 2 fully saturated rings. The van der Waals surface area contributed by atoms with Gasteiger partial charge in [-0.15, -0.1) is 0 Å². The summed E-state index contributed by atoms with van der Waals surface area (Å²) >= 11 is 0. The summed E-state index contributed by atoms with van der Waals surface area (Å²) in [7, 11) is 1.84. The van der Waals surface area contributed by atoms with Gasteiger partial charge in [0.05, 0.1) is 23.3 Å². The van der Waals surface area contributed by atoms with Gasteiger partial charge in [0.1, 0.15) is 0 Å². The molecule has 3 aliphatic rings. The standard InChI is InChI=1S/C18H22N4O3/c1-21-7-2-5-18(17(21)25)6-8-22(11-18)16(24)12-3-4-13-14(9-12)20-15(23)10-19-13/h3-4,9,19H,2,5-8,10-11H2,1H3,(H,20,23)/t18-/m0/s1. The monoisotopic (exact) mass is 342 g/mol. The molecule has 2 N–H and O–H groups in total. The molecule has 7 heteroatoms. The molecule has 0 radical (unpaired) electrons. The minimum absolute atomic E-state index is 0.0828. The van der Waals surface area contributed by atoms with Crippen molar-refractivity contribution in [3.63, 3.8) is 0 Å². The Morgan fingerprint density at radius 3 is 2.84 bits per heavy atom. The van der Waals surface area contributed by atoms with Gasteiger partial charge in [0.2, 0.25) is 11.8 Å². The van der Waals surface area contributed by atoms with Crippen LogP contribution in [0.2, 0.25) is 0 Å². The van der Waals surface area contributed by atoms with E-state index < -0.39 is 5.41 Å². The van der Waals surface area contributed by atoms with Crippen LogP contribution >= 0.6 is 0 Å². The second-order valence-corrected chi connectivity index (χ2v) is 7.25. The molecule has 3 amide bonds. The zero-order valence-corrected chi connectivity index (χ0v) is 14.3. The highest BCUT2D eigenvalue weighted by atomic mass is 16.2. The van der Waals surface area contributed by atoms with Crippen molar-refractivity contribution in [2.24, 2.45) is 5.41 Å². The number of hydrogen-bond acceptors (Lipinski definition) is 4. The first-order valence-corrected chi connectivity index (χ1v) is 8.71. The Bertz CT molecular complexity index is 763. The topological polar surface area (TPSA) is 81.8 Å². The van der Waals surface area contributed by atoms with Gasteiger partial charge < -0.3 is 20.4 Å². The van der Waals surface area contributed by atoms with E-state index in [1.54, 1.807) is 21.9 Å². The third-order valence-electron chi connectivity index (χ3n) is 5.57. The van der Waals surface area contributed by atoms with Crippen molar-refractivity contribution >= 4 is 29.1 Å². The average molecular weight is 342 g/mol. The van der Waals surface area contributed by atoms with E-state index in [1.807, 2.05) is 13.1 Å². The van der Waals surface area contributed by atoms with Crippen molar-refractivity contribution in [3.8, 4) is 0 Å². The maximum atomic E-state index is 12.9. The van der Waals surface area contributed by atoms with Gasteiger partial charge in [0.25, 0.3) is 5.91 Å². The molecule has 1 aromatic carbocycles. The molecule has 0 saturated carbocycles. The second-order valence-electron chi connectivity index (χ2n) is 7.25. The first-order valence-electron chi connectivity index (χ1n) is 8.71. The summed E-state index contributed by atoms with van der Waals surface area (Å²) in [5, 5.41) is 5.80. The number of amides is 3. The predicted molar refractivity (Wildman–Crippen MR) is 93.4 cm³/mol. The Hall–Kier alpha value is -2.57. The maximum Gasteiger partial charge on any atom is 0.253 e. The van der Waals surface area contributed by atoms with Gasteiger partial charge in [-0.25, -0.2) is 0 Å². The number of rotatable bonds is 1. The third kappa shape index (κ3) is 2.63. The van der Waals surface area contributed by atoms with Gasteiger partial charge in [0.15, 0.2) is 0 Å². The molecule has 2 saturated heterocycles. The lowest BCUT2D eigenvalue weighted by Gasteiger charge is -2.37. The van der Waals surface area contributed by atoms with Gasteiger partial charge in [-0.3, -0.25) is 14.4 Å². The molecule has 4 rings (SSSR count). The summed E-state index contributed by atoms with van der Waals surface area (Å²) in [4.78, 5) is 40.6. The lowest BCUT2D eigenvalue weighted by molar-refractivity contribution is -0.143. The summed E-state index contributed by atoms with van der Waals surface area (Å²) in [5.74, 6) is -0.0375. The fourth-order valence-corrected chi connectivity index (χ4v) is 4.18. The number of nitrogens with zero attached hydrogens (tertiary/aromatic N) is 2. The van der Waals surface area contributed by atoms with Gasteiger partial charge in [-0.05, 0) is 37.5 Å². The van der Waals surface area contributed by atoms with E-state index in [0.717, 1.165) is 31.5 Å². The Labute approximate surface area is 146 Å². The molecule has 7 nitrogen and oxygen atoms in total. The minimum Gasteiger partial charge on any atom is -0.374 e. The van der Waals surface area contributed by atoms with Crippen molar-refractivity contribution in [2.75, 3.05) is 43.9 Å². The van der Waals surface area contributed by atoms with Crippen LogP contribution in [0.1, 0.15) is 29.6 Å². The molecular weight excluding hydrogens is 320 g/mol. The van der Waals surface area contributed by atoms with Crippen molar-refractivity contribution in [2.45, 2.75) is 19.3 Å². The second kappa shape index (κ2) is 5.75. The number of fused-ring (bicyclic) bond motifs is 1. The summed E-state index contributed by atoms with van der Waals surface area (Å²) < 4.78 is 0. The smallest absolute Gasteiger partial charge is 0.253 e. The molecule has 132 valence electrons. The Kier molecular flexibility index (Phi) is 3.67. The number of likely N-dealkylation sites (tertiary alicyclic amines) is 2. The van der Waals surface area contributed by atoms with Gasteiger partial charge >= 0.3 is 0 Å². The zero-order valence-electron chi connectivity index (χ0n) is 14.3. The molecule has 1 aromatic rings. The molecule has 25 heavy (non-hydrogen) atoms. The van der Waals surface area contributed by atoms with Gasteiger partial charge in [-0.2, -0.15) is 0 Å². The van der Waals surface area contributed by atoms with E-state index in [2.05, 4.69) is 10.6 Å². The highest BCUT2D eigenvalue weighted by Crippen LogP contribution is 2.40. The Morgan fingerprint density at radius 2 is 2.00 bits per heavy atom. The van der Waals surface area contributed by atoms with Crippen molar-refractivity contribution in [1.82, 2.24) is 9.80 Å². The van der Waals surface area contributed by atoms with Crippen molar-refractivity contribution in [3.05, 3.63) is 23.8 Å². The van der Waals surface area contributed by atoms with Crippen LogP contribution in [0.25, 0.3) is 0 Å². The van der Waals surface area contributed by atoms with Gasteiger partial charge in [-0.1, -0.05) is 0 Å². The van der Waals surface area contributed by atoms with E-state index in [-0.39, 0.29) is 24.3 Å². The Morgan fingerprint density at radius 1 is 1.16 bits per heavy atom. The predicted octanol–water partition coefficient (Wildman–Crippen LogP) is 1.14. The SMILES string of the molecule is CN1CCC[C@@]2(CCN(C(=O)c3ccc4c(c3)NC(=O)CN4)C2)C1=O. The highest BCUT2D eigenvalue weighted by Gasteiger charge is 2.48. The summed E-state index contributed by atoms with van der Waals surface area (Å²) in [5.41, 5.74) is 1.58. The molecule has 0 aromatic heterocycles. The molecule has 1 spiro atoms. The summed E-state index contributed by atoms with van der Waals surface area (Å²) in [6.07, 6.45) is 2.57. The van der Waals surface area contributed by atoms with E-state index in [0.29, 0.717) is 24.3 Å². The molecule has 0 unspecified atom stereocenters. The fraction of sp³-hybridized carbons (Fsp3) is 0.500. The van der Waals surface area contributed by atoms with E-state index in [1.165, 1.54) is 0 Å². The molecular formula is C18H22N4O3. The molecule has 1 atom stereocenters. The van der Waals surface area contributed by atoms with Crippen LogP contribution in [0.3, 0.4) is 0 Å². The number of carbonyl (C=O) groups is 3. The summed E-state index contributed by atoms with van der Waals surface area (Å²) in [6.45, 7) is 2.12. The van der Waals surface area contributed by atoms with Gasteiger partial charge in [0, 0.05) is 32.2 Å². The van der Waals surface area contributed by atoms with Crippen molar-refractivity contribution in [1.29, 1.82) is 0 Å². The lowest BCUT2D eigenvalue weighted by atomic mass is 9.78. The maximum absolute atomic E-state index is 12.9. The normalized spacial score (nSPS) is 25.6. The van der Waals surface area contributed by atoms with Crippen LogP contribution in [0, 0.1) is 5.41 Å². The highest BCUT2D eigenvalue weighted by molar-refractivity contribution is 6.03. The molecule has 0 aliphatic carbocycles. The summed E-state index contributed by atoms with van der Waals surface area (Å²) in [6, 6.07) is 5.29. The number of nitrogens with one attached hydrogen (secondary N) is 2. The number of piperidine rings is 1. The van der Waals surface area contributed by atoms with Crippen molar-refractivity contribution < 1.29 is 14.4 Å². The Balaban J connectivity index is 1.53. The van der Waals surface area contributed by atoms with Crippen LogP contribution in [0.15, 0.2) is 18.2 Å². The molecule has 3 aliphatic heterocycles. The first kappa shape index (κ1) is 15.9. The number of anilines is 2. The third-order valence-corrected chi connectivity index (χ3v) is 5.57. The fourth-order valence-electron chi connectivity index (χ4n) is 4.18. The van der Waals surface area contributed by atoms with Crippen LogP contribution in [-0.2, 0) is 9.59 Å². The van der Waals surface area contributed by atoms with Crippen LogP contribution in [0.4, 0.5) is 11.4 Å². The van der Waals surface area contributed by atoms with Crippen LogP contribution in [-0.4, -0.2) is 60.7 Å². The molecule has 3 heterocycles. The average Bonchev–Trinajstić information content (AvgIpc) is 3.03. The molecule has 0 bridgehead atoms. The quantitative estimate of drug-likeness (QED) is 0.802. The van der Waals surface area contributed by atoms with E-state index >= 15 is 0 Å².